The zero-order valence-electron chi connectivity index (χ0n) is 5.73. The van der Waals surface area contributed by atoms with Crippen molar-refractivity contribution >= 4 is 35.2 Å². The maximum absolute atomic E-state index is 7.46. The topological polar surface area (TPSA) is 59.7 Å². The average Bonchev–Trinajstić information content (AvgIpc) is 2.30. The molecule has 0 amide bonds. The van der Waals surface area contributed by atoms with E-state index < -0.39 is 0 Å². The standard InChI is InChI=1S/C6H7N3S2/c7-5-3-4(6(8)9-5)11-2-1-10-3/h1-2H2,(H3,7,8,9). The summed E-state index contributed by atoms with van der Waals surface area (Å²) < 4.78 is 0. The lowest BCUT2D eigenvalue weighted by molar-refractivity contribution is 1.29. The highest BCUT2D eigenvalue weighted by atomic mass is 32.2. The van der Waals surface area contributed by atoms with Crippen molar-refractivity contribution in [3.05, 3.63) is 9.81 Å². The second-order valence-electron chi connectivity index (χ2n) is 2.23. The maximum Gasteiger partial charge on any atom is 0.138 e. The van der Waals surface area contributed by atoms with Gasteiger partial charge in [0.25, 0.3) is 0 Å². The van der Waals surface area contributed by atoms with E-state index in [1.807, 2.05) is 0 Å². The third-order valence-corrected chi connectivity index (χ3v) is 4.08. The zero-order chi connectivity index (χ0) is 7.84. The molecule has 0 radical (unpaired) electrons. The Morgan fingerprint density at radius 1 is 1.00 bits per heavy atom. The predicted octanol–water partition coefficient (Wildman–Crippen LogP) is 1.24. The summed E-state index contributed by atoms with van der Waals surface area (Å²) in [6, 6.07) is 0. The van der Waals surface area contributed by atoms with Crippen LogP contribution in [0, 0.1) is 10.8 Å². The largest absolute Gasteiger partial charge is 0.324 e. The Labute approximate surface area is 73.0 Å². The molecule has 0 bridgehead atoms. The highest BCUT2D eigenvalue weighted by molar-refractivity contribution is 8.11. The van der Waals surface area contributed by atoms with E-state index in [1.54, 1.807) is 23.5 Å². The fourth-order valence-corrected chi connectivity index (χ4v) is 3.31. The zero-order valence-corrected chi connectivity index (χ0v) is 7.36. The Hall–Kier alpha value is -0.420. The van der Waals surface area contributed by atoms with E-state index in [-0.39, 0.29) is 0 Å². The normalized spacial score (nSPS) is 23.6. The van der Waals surface area contributed by atoms with Crippen LogP contribution in [0.3, 0.4) is 0 Å². The molecule has 0 fully saturated rings. The van der Waals surface area contributed by atoms with Gasteiger partial charge in [-0.25, -0.2) is 0 Å². The van der Waals surface area contributed by atoms with Gasteiger partial charge in [-0.05, 0) is 0 Å². The second kappa shape index (κ2) is 2.57. The van der Waals surface area contributed by atoms with Crippen LogP contribution in [0.1, 0.15) is 0 Å². The van der Waals surface area contributed by atoms with E-state index >= 15 is 0 Å². The number of thioether (sulfide) groups is 2. The van der Waals surface area contributed by atoms with Crippen molar-refractivity contribution in [3.8, 4) is 0 Å². The first-order chi connectivity index (χ1) is 5.29. The van der Waals surface area contributed by atoms with Crippen LogP contribution >= 0.6 is 23.5 Å². The first-order valence-corrected chi connectivity index (χ1v) is 5.21. The van der Waals surface area contributed by atoms with E-state index in [4.69, 9.17) is 10.8 Å². The highest BCUT2D eigenvalue weighted by Crippen LogP contribution is 2.37. The van der Waals surface area contributed by atoms with E-state index in [1.165, 1.54) is 0 Å². The smallest absolute Gasteiger partial charge is 0.138 e. The van der Waals surface area contributed by atoms with Crippen molar-refractivity contribution in [2.45, 2.75) is 0 Å². The molecule has 2 rings (SSSR count). The van der Waals surface area contributed by atoms with Gasteiger partial charge in [0.2, 0.25) is 0 Å². The van der Waals surface area contributed by atoms with Crippen molar-refractivity contribution in [1.29, 1.82) is 10.8 Å². The summed E-state index contributed by atoms with van der Waals surface area (Å²) in [5, 5.41) is 17.6. The molecule has 0 atom stereocenters. The van der Waals surface area contributed by atoms with Crippen LogP contribution in [0.5, 0.6) is 0 Å². The molecule has 3 nitrogen and oxygen atoms in total. The molecule has 0 saturated carbocycles. The summed E-state index contributed by atoms with van der Waals surface area (Å²) in [6.07, 6.45) is 0. The quantitative estimate of drug-likeness (QED) is 0.532. The summed E-state index contributed by atoms with van der Waals surface area (Å²) >= 11 is 3.35. The molecule has 0 aromatic carbocycles. The number of rotatable bonds is 0. The fraction of sp³-hybridized carbons (Fsp3) is 0.333. The Bertz CT molecular complexity index is 243. The van der Waals surface area contributed by atoms with Gasteiger partial charge in [-0.2, -0.15) is 0 Å². The van der Waals surface area contributed by atoms with Gasteiger partial charge >= 0.3 is 0 Å². The molecule has 0 aromatic rings. The molecule has 5 heteroatoms. The first-order valence-electron chi connectivity index (χ1n) is 3.24. The van der Waals surface area contributed by atoms with Crippen LogP contribution in [0.15, 0.2) is 9.81 Å². The van der Waals surface area contributed by atoms with Gasteiger partial charge in [-0.3, -0.25) is 10.8 Å². The van der Waals surface area contributed by atoms with Gasteiger partial charge in [0.15, 0.2) is 0 Å². The minimum Gasteiger partial charge on any atom is -0.324 e. The highest BCUT2D eigenvalue weighted by Gasteiger charge is 2.27. The van der Waals surface area contributed by atoms with Gasteiger partial charge in [0, 0.05) is 11.5 Å². The molecule has 58 valence electrons. The van der Waals surface area contributed by atoms with E-state index in [0.29, 0.717) is 11.7 Å². The van der Waals surface area contributed by atoms with Crippen LogP contribution in [0.25, 0.3) is 0 Å². The lowest BCUT2D eigenvalue weighted by Gasteiger charge is -2.09. The summed E-state index contributed by atoms with van der Waals surface area (Å²) in [5.41, 5.74) is 0. The van der Waals surface area contributed by atoms with Crippen molar-refractivity contribution in [1.82, 2.24) is 5.32 Å². The molecule has 0 unspecified atom stereocenters. The summed E-state index contributed by atoms with van der Waals surface area (Å²) in [6.45, 7) is 0. The average molecular weight is 185 g/mol. The van der Waals surface area contributed by atoms with Crippen LogP contribution in [0.4, 0.5) is 0 Å². The molecule has 0 aliphatic carbocycles. The molecule has 3 N–H and O–H groups in total. The van der Waals surface area contributed by atoms with Gasteiger partial charge in [0.1, 0.15) is 11.7 Å². The van der Waals surface area contributed by atoms with Crippen molar-refractivity contribution < 1.29 is 0 Å². The van der Waals surface area contributed by atoms with Gasteiger partial charge in [-0.1, -0.05) is 0 Å². The van der Waals surface area contributed by atoms with Crippen molar-refractivity contribution in [2.75, 3.05) is 11.5 Å². The monoisotopic (exact) mass is 185 g/mol. The minimum atomic E-state index is 0.405. The lowest BCUT2D eigenvalue weighted by Crippen LogP contribution is -2.21. The first kappa shape index (κ1) is 7.24. The fourth-order valence-electron chi connectivity index (χ4n) is 1.03. The molecular weight excluding hydrogens is 178 g/mol. The molecule has 0 spiro atoms. The Balaban J connectivity index is 2.40. The van der Waals surface area contributed by atoms with Gasteiger partial charge in [0.05, 0.1) is 9.81 Å². The number of hydrogen-bond donors (Lipinski definition) is 3. The molecule has 2 aliphatic heterocycles. The van der Waals surface area contributed by atoms with Crippen LogP contribution in [-0.4, -0.2) is 23.2 Å². The molecule has 0 saturated heterocycles. The van der Waals surface area contributed by atoms with Crippen molar-refractivity contribution in [3.63, 3.8) is 0 Å². The summed E-state index contributed by atoms with van der Waals surface area (Å²) in [5.74, 6) is 2.92. The number of amidine groups is 2. The maximum atomic E-state index is 7.46. The van der Waals surface area contributed by atoms with E-state index in [9.17, 15) is 0 Å². The van der Waals surface area contributed by atoms with Gasteiger partial charge in [-0.15, -0.1) is 23.5 Å². The number of nitrogens with one attached hydrogen (secondary N) is 3. The molecule has 2 heterocycles. The third kappa shape index (κ3) is 1.08. The summed E-state index contributed by atoms with van der Waals surface area (Å²) in [4.78, 5) is 1.93. The molecular formula is C6H7N3S2. The predicted molar refractivity (Wildman–Crippen MR) is 50.5 cm³/mol. The SMILES string of the molecule is N=C1NC(=N)C2=C1SCCS2. The lowest BCUT2D eigenvalue weighted by atomic mass is 10.5. The van der Waals surface area contributed by atoms with Crippen LogP contribution < -0.4 is 5.32 Å². The minimum absolute atomic E-state index is 0.405. The second-order valence-corrected chi connectivity index (χ2v) is 4.44. The Morgan fingerprint density at radius 2 is 1.45 bits per heavy atom. The summed E-state index contributed by atoms with van der Waals surface area (Å²) in [7, 11) is 0. The molecule has 11 heavy (non-hydrogen) atoms. The van der Waals surface area contributed by atoms with E-state index in [0.717, 1.165) is 21.3 Å². The van der Waals surface area contributed by atoms with Gasteiger partial charge < -0.3 is 5.32 Å². The molecule has 2 aliphatic rings. The van der Waals surface area contributed by atoms with E-state index in [2.05, 4.69) is 5.32 Å². The van der Waals surface area contributed by atoms with Crippen LogP contribution in [0.2, 0.25) is 0 Å². The Morgan fingerprint density at radius 3 is 1.91 bits per heavy atom. The van der Waals surface area contributed by atoms with Crippen LogP contribution in [-0.2, 0) is 0 Å². The number of hydrogen-bond acceptors (Lipinski definition) is 4. The van der Waals surface area contributed by atoms with Crippen molar-refractivity contribution in [2.24, 2.45) is 0 Å². The molecule has 0 aromatic heterocycles. The third-order valence-electron chi connectivity index (χ3n) is 1.49. The Kier molecular flexibility index (Phi) is 1.69.